The van der Waals surface area contributed by atoms with Crippen LogP contribution in [0.25, 0.3) is 0 Å². The van der Waals surface area contributed by atoms with E-state index in [4.69, 9.17) is 8.92 Å². The summed E-state index contributed by atoms with van der Waals surface area (Å²) in [6.45, 7) is 6.90. The zero-order valence-electron chi connectivity index (χ0n) is 16.9. The van der Waals surface area contributed by atoms with Crippen LogP contribution in [-0.4, -0.2) is 39.1 Å². The Morgan fingerprint density at radius 1 is 1.11 bits per heavy atom. The third-order valence-corrected chi connectivity index (χ3v) is 4.57. The van der Waals surface area contributed by atoms with Crippen molar-refractivity contribution in [1.29, 1.82) is 0 Å². The quantitative estimate of drug-likeness (QED) is 0.627. The van der Waals surface area contributed by atoms with Crippen molar-refractivity contribution < 1.29 is 22.1 Å². The average molecular weight is 406 g/mol. The van der Waals surface area contributed by atoms with Gasteiger partial charge >= 0.3 is 10.1 Å². The fraction of sp³-hybridized carbons (Fsp3) is 0.381. The number of ether oxygens (including phenoxy) is 1. The summed E-state index contributed by atoms with van der Waals surface area (Å²) in [6, 6.07) is 12.5. The monoisotopic (exact) mass is 405 g/mol. The number of amides is 1. The molecule has 0 fully saturated rings. The Bertz CT molecular complexity index is 938. The van der Waals surface area contributed by atoms with Crippen molar-refractivity contribution in [2.75, 3.05) is 19.9 Å². The van der Waals surface area contributed by atoms with E-state index >= 15 is 0 Å². The van der Waals surface area contributed by atoms with E-state index in [1.54, 1.807) is 23.1 Å². The van der Waals surface area contributed by atoms with Gasteiger partial charge in [0.15, 0.2) is 11.5 Å². The van der Waals surface area contributed by atoms with Crippen LogP contribution in [0.15, 0.2) is 42.5 Å². The van der Waals surface area contributed by atoms with Crippen molar-refractivity contribution in [1.82, 2.24) is 4.90 Å². The van der Waals surface area contributed by atoms with Crippen molar-refractivity contribution in [3.8, 4) is 11.5 Å². The van der Waals surface area contributed by atoms with E-state index in [-0.39, 0.29) is 17.6 Å². The van der Waals surface area contributed by atoms with Crippen LogP contribution in [0.5, 0.6) is 11.5 Å². The van der Waals surface area contributed by atoms with E-state index in [1.165, 1.54) is 7.11 Å². The second-order valence-corrected chi connectivity index (χ2v) is 8.74. The third kappa shape index (κ3) is 5.99. The molecule has 0 spiro atoms. The van der Waals surface area contributed by atoms with Crippen LogP contribution in [0.1, 0.15) is 35.3 Å². The summed E-state index contributed by atoms with van der Waals surface area (Å²) in [6.07, 6.45) is 0.978. The molecule has 0 saturated heterocycles. The number of hydrogen-bond acceptors (Lipinski definition) is 5. The van der Waals surface area contributed by atoms with Crippen LogP contribution < -0.4 is 8.92 Å². The van der Waals surface area contributed by atoms with E-state index < -0.39 is 10.1 Å². The minimum absolute atomic E-state index is 0.0619. The van der Waals surface area contributed by atoms with Gasteiger partial charge in [0.2, 0.25) is 0 Å². The number of carbonyl (C=O) groups excluding carboxylic acids is 1. The maximum atomic E-state index is 13.1. The van der Waals surface area contributed by atoms with Gasteiger partial charge in [0.1, 0.15) is 0 Å². The molecule has 0 unspecified atom stereocenters. The second kappa shape index (κ2) is 9.10. The predicted octanol–water partition coefficient (Wildman–Crippen LogP) is 3.64. The highest BCUT2D eigenvalue weighted by molar-refractivity contribution is 7.86. The van der Waals surface area contributed by atoms with Gasteiger partial charge in [-0.1, -0.05) is 38.1 Å². The number of nitrogens with zero attached hydrogens (tertiary/aromatic N) is 1. The minimum atomic E-state index is -3.70. The molecule has 7 heteroatoms. The fourth-order valence-corrected chi connectivity index (χ4v) is 3.37. The first kappa shape index (κ1) is 21.8. The largest absolute Gasteiger partial charge is 0.493 e. The Morgan fingerprint density at radius 2 is 1.79 bits per heavy atom. The summed E-state index contributed by atoms with van der Waals surface area (Å²) in [4.78, 5) is 14.9. The molecule has 28 heavy (non-hydrogen) atoms. The molecule has 0 saturated carbocycles. The standard InChI is InChI=1S/C21H27NO5S/c1-15(2)13-22(21(23)18-9-7-6-8-16(18)3)14-17-10-11-19(26-4)20(12-17)27-28(5,24)25/h6-12,15H,13-14H2,1-5H3. The van der Waals surface area contributed by atoms with Gasteiger partial charge in [-0.3, -0.25) is 4.79 Å². The van der Waals surface area contributed by atoms with Crippen LogP contribution in [0, 0.1) is 12.8 Å². The highest BCUT2D eigenvalue weighted by atomic mass is 32.2. The van der Waals surface area contributed by atoms with Gasteiger partial charge < -0.3 is 13.8 Å². The van der Waals surface area contributed by atoms with Gasteiger partial charge in [0, 0.05) is 18.7 Å². The Hall–Kier alpha value is -2.54. The Balaban J connectivity index is 2.35. The zero-order chi connectivity index (χ0) is 20.9. The van der Waals surface area contributed by atoms with Crippen molar-refractivity contribution in [2.45, 2.75) is 27.3 Å². The molecule has 6 nitrogen and oxygen atoms in total. The molecule has 2 aromatic rings. The van der Waals surface area contributed by atoms with Gasteiger partial charge in [0.05, 0.1) is 13.4 Å². The summed E-state index contributed by atoms with van der Waals surface area (Å²) < 4.78 is 33.3. The highest BCUT2D eigenvalue weighted by Crippen LogP contribution is 2.30. The van der Waals surface area contributed by atoms with E-state index in [2.05, 4.69) is 0 Å². The van der Waals surface area contributed by atoms with Gasteiger partial charge in [-0.05, 0) is 42.2 Å². The SMILES string of the molecule is COc1ccc(CN(CC(C)C)C(=O)c2ccccc2C)cc1OS(C)(=O)=O. The summed E-state index contributed by atoms with van der Waals surface area (Å²) in [5, 5.41) is 0. The molecule has 2 aromatic carbocycles. The molecule has 152 valence electrons. The molecule has 0 aliphatic heterocycles. The van der Waals surface area contributed by atoms with Crippen molar-refractivity contribution >= 4 is 16.0 Å². The number of carbonyl (C=O) groups is 1. The van der Waals surface area contributed by atoms with Gasteiger partial charge in [-0.15, -0.1) is 0 Å². The van der Waals surface area contributed by atoms with E-state index in [0.29, 0.717) is 24.4 Å². The van der Waals surface area contributed by atoms with Crippen LogP contribution in [-0.2, 0) is 16.7 Å². The molecule has 1 amide bonds. The lowest BCUT2D eigenvalue weighted by molar-refractivity contribution is 0.0721. The van der Waals surface area contributed by atoms with Gasteiger partial charge in [-0.25, -0.2) is 0 Å². The summed E-state index contributed by atoms with van der Waals surface area (Å²) in [7, 11) is -2.26. The third-order valence-electron chi connectivity index (χ3n) is 4.09. The average Bonchev–Trinajstić information content (AvgIpc) is 2.59. The first-order chi connectivity index (χ1) is 13.1. The van der Waals surface area contributed by atoms with Crippen LogP contribution >= 0.6 is 0 Å². The second-order valence-electron chi connectivity index (χ2n) is 7.17. The lowest BCUT2D eigenvalue weighted by atomic mass is 10.1. The number of rotatable bonds is 8. The molecular weight excluding hydrogens is 378 g/mol. The first-order valence-corrected chi connectivity index (χ1v) is 10.8. The normalized spacial score (nSPS) is 11.4. The highest BCUT2D eigenvalue weighted by Gasteiger charge is 2.20. The lowest BCUT2D eigenvalue weighted by Gasteiger charge is -2.26. The molecule has 0 aromatic heterocycles. The predicted molar refractivity (Wildman–Crippen MR) is 109 cm³/mol. The Morgan fingerprint density at radius 3 is 2.36 bits per heavy atom. The number of benzene rings is 2. The lowest BCUT2D eigenvalue weighted by Crippen LogP contribution is -2.34. The summed E-state index contributed by atoms with van der Waals surface area (Å²) >= 11 is 0. The van der Waals surface area contributed by atoms with Crippen molar-refractivity contribution in [3.05, 3.63) is 59.2 Å². The molecule has 0 bridgehead atoms. The maximum absolute atomic E-state index is 13.1. The summed E-state index contributed by atoms with van der Waals surface area (Å²) in [5.74, 6) is 0.635. The van der Waals surface area contributed by atoms with Crippen molar-refractivity contribution in [3.63, 3.8) is 0 Å². The first-order valence-electron chi connectivity index (χ1n) is 9.02. The molecule has 0 N–H and O–H groups in total. The molecule has 0 aliphatic carbocycles. The van der Waals surface area contributed by atoms with E-state index in [9.17, 15) is 13.2 Å². The Labute approximate surface area is 167 Å². The molecule has 0 heterocycles. The number of hydrogen-bond donors (Lipinski definition) is 0. The van der Waals surface area contributed by atoms with E-state index in [0.717, 1.165) is 17.4 Å². The maximum Gasteiger partial charge on any atom is 0.306 e. The van der Waals surface area contributed by atoms with Crippen LogP contribution in [0.3, 0.4) is 0 Å². The zero-order valence-corrected chi connectivity index (χ0v) is 17.7. The number of methoxy groups -OCH3 is 1. The fourth-order valence-electron chi connectivity index (χ4n) is 2.91. The van der Waals surface area contributed by atoms with Gasteiger partial charge in [-0.2, -0.15) is 8.42 Å². The number of aryl methyl sites for hydroxylation is 1. The topological polar surface area (TPSA) is 72.9 Å². The van der Waals surface area contributed by atoms with Gasteiger partial charge in [0.25, 0.3) is 5.91 Å². The Kier molecular flexibility index (Phi) is 7.07. The summed E-state index contributed by atoms with van der Waals surface area (Å²) in [5.41, 5.74) is 2.32. The van der Waals surface area contributed by atoms with Crippen LogP contribution in [0.4, 0.5) is 0 Å². The minimum Gasteiger partial charge on any atom is -0.493 e. The van der Waals surface area contributed by atoms with E-state index in [1.807, 2.05) is 45.0 Å². The molecule has 0 aliphatic rings. The molecule has 2 rings (SSSR count). The molecular formula is C21H27NO5S. The molecule has 0 atom stereocenters. The molecule has 0 radical (unpaired) electrons. The van der Waals surface area contributed by atoms with Crippen molar-refractivity contribution in [2.24, 2.45) is 5.92 Å². The van der Waals surface area contributed by atoms with Crippen LogP contribution in [0.2, 0.25) is 0 Å². The smallest absolute Gasteiger partial charge is 0.306 e.